The van der Waals surface area contributed by atoms with Gasteiger partial charge in [0.25, 0.3) is 0 Å². The van der Waals surface area contributed by atoms with Crippen LogP contribution in [0.15, 0.2) is 23.4 Å². The Labute approximate surface area is 137 Å². The van der Waals surface area contributed by atoms with Gasteiger partial charge in [-0.15, -0.1) is 0 Å². The summed E-state index contributed by atoms with van der Waals surface area (Å²) in [6.07, 6.45) is 0. The Bertz CT molecular complexity index is 716. The lowest BCUT2D eigenvalue weighted by atomic mass is 9.95. The van der Waals surface area contributed by atoms with Gasteiger partial charge in [-0.1, -0.05) is 11.6 Å². The van der Waals surface area contributed by atoms with E-state index < -0.39 is 18.0 Å². The van der Waals surface area contributed by atoms with Gasteiger partial charge in [-0.05, 0) is 19.9 Å². The van der Waals surface area contributed by atoms with Crippen LogP contribution in [-0.2, 0) is 9.53 Å². The molecule has 0 aromatic heterocycles. The molecule has 2 N–H and O–H groups in total. The molecule has 2 aliphatic rings. The molecule has 2 aliphatic heterocycles. The predicted octanol–water partition coefficient (Wildman–Crippen LogP) is 2.26. The van der Waals surface area contributed by atoms with Gasteiger partial charge in [-0.25, -0.2) is 9.59 Å². The summed E-state index contributed by atoms with van der Waals surface area (Å²) >= 11 is 6.30. The van der Waals surface area contributed by atoms with Crippen molar-refractivity contribution >= 4 is 23.6 Å². The molecule has 2 heterocycles. The van der Waals surface area contributed by atoms with Crippen molar-refractivity contribution in [3.05, 3.63) is 34.0 Å². The number of ether oxygens (including phenoxy) is 3. The van der Waals surface area contributed by atoms with E-state index in [1.54, 1.807) is 26.0 Å². The summed E-state index contributed by atoms with van der Waals surface area (Å²) in [5, 5.41) is 5.62. The molecule has 122 valence electrons. The first-order valence-electron chi connectivity index (χ1n) is 7.05. The smallest absolute Gasteiger partial charge is 0.338 e. The quantitative estimate of drug-likeness (QED) is 0.826. The fourth-order valence-electron chi connectivity index (χ4n) is 2.56. The number of benzene rings is 1. The highest BCUT2D eigenvalue weighted by molar-refractivity contribution is 6.31. The van der Waals surface area contributed by atoms with Crippen LogP contribution in [0, 0.1) is 0 Å². The van der Waals surface area contributed by atoms with Crippen LogP contribution in [0.1, 0.15) is 25.5 Å². The molecule has 3 rings (SSSR count). The largest absolute Gasteiger partial charge is 0.463 e. The summed E-state index contributed by atoms with van der Waals surface area (Å²) in [5.74, 6) is 0.520. The van der Waals surface area contributed by atoms with Crippen molar-refractivity contribution in [2.24, 2.45) is 0 Å². The zero-order chi connectivity index (χ0) is 16.6. The Balaban J connectivity index is 2.07. The van der Waals surface area contributed by atoms with Gasteiger partial charge in [0.1, 0.15) is 0 Å². The molecule has 0 spiro atoms. The Morgan fingerprint density at radius 1 is 1.39 bits per heavy atom. The number of urea groups is 1. The Morgan fingerprint density at radius 2 is 2.09 bits per heavy atom. The van der Waals surface area contributed by atoms with E-state index in [9.17, 15) is 9.59 Å². The van der Waals surface area contributed by atoms with Crippen molar-refractivity contribution in [3.63, 3.8) is 0 Å². The van der Waals surface area contributed by atoms with Crippen molar-refractivity contribution in [1.82, 2.24) is 10.6 Å². The molecule has 0 saturated heterocycles. The summed E-state index contributed by atoms with van der Waals surface area (Å²) in [5.41, 5.74) is 1.26. The van der Waals surface area contributed by atoms with Crippen molar-refractivity contribution in [1.29, 1.82) is 0 Å². The number of amides is 2. The maximum Gasteiger partial charge on any atom is 0.338 e. The van der Waals surface area contributed by atoms with Crippen LogP contribution in [0.25, 0.3) is 0 Å². The van der Waals surface area contributed by atoms with Crippen molar-refractivity contribution in [2.45, 2.75) is 19.9 Å². The van der Waals surface area contributed by atoms with Gasteiger partial charge < -0.3 is 24.8 Å². The van der Waals surface area contributed by atoms with Crippen LogP contribution in [-0.4, -0.2) is 25.4 Å². The number of carbonyl (C=O) groups excluding carboxylic acids is 2. The van der Waals surface area contributed by atoms with E-state index in [1.165, 1.54) is 0 Å². The Hall–Kier alpha value is -2.41. The monoisotopic (exact) mass is 338 g/mol. The normalized spacial score (nSPS) is 19.3. The van der Waals surface area contributed by atoms with E-state index in [0.717, 1.165) is 0 Å². The minimum atomic E-state index is -0.732. The number of carbonyl (C=O) groups is 2. The third-order valence-electron chi connectivity index (χ3n) is 3.57. The molecular formula is C15H15ClN2O5. The molecule has 1 atom stereocenters. The third-order valence-corrected chi connectivity index (χ3v) is 3.89. The molecule has 2 amide bonds. The molecule has 23 heavy (non-hydrogen) atoms. The number of esters is 1. The molecular weight excluding hydrogens is 324 g/mol. The van der Waals surface area contributed by atoms with Gasteiger partial charge in [-0.2, -0.15) is 0 Å². The summed E-state index contributed by atoms with van der Waals surface area (Å²) < 4.78 is 15.7. The Morgan fingerprint density at radius 3 is 2.78 bits per heavy atom. The van der Waals surface area contributed by atoms with Crippen molar-refractivity contribution in [2.75, 3.05) is 13.4 Å². The first-order chi connectivity index (χ1) is 11.0. The van der Waals surface area contributed by atoms with E-state index in [0.29, 0.717) is 33.4 Å². The van der Waals surface area contributed by atoms with Crippen LogP contribution in [0.3, 0.4) is 0 Å². The second kappa shape index (κ2) is 6.00. The number of allylic oxidation sites excluding steroid dienone is 1. The zero-order valence-electron chi connectivity index (χ0n) is 12.6. The highest BCUT2D eigenvalue weighted by Crippen LogP contribution is 2.41. The lowest BCUT2D eigenvalue weighted by Crippen LogP contribution is -2.45. The molecule has 0 saturated carbocycles. The second-order valence-corrected chi connectivity index (χ2v) is 5.42. The van der Waals surface area contributed by atoms with Crippen molar-refractivity contribution < 1.29 is 23.8 Å². The summed E-state index contributed by atoms with van der Waals surface area (Å²) in [7, 11) is 0. The number of hydrogen-bond donors (Lipinski definition) is 2. The van der Waals surface area contributed by atoms with Crippen LogP contribution in [0.4, 0.5) is 4.79 Å². The lowest BCUT2D eigenvalue weighted by molar-refractivity contribution is -0.139. The zero-order valence-corrected chi connectivity index (χ0v) is 13.3. The first kappa shape index (κ1) is 15.5. The molecule has 0 aliphatic carbocycles. The summed E-state index contributed by atoms with van der Waals surface area (Å²) in [6, 6.07) is 2.11. The van der Waals surface area contributed by atoms with Gasteiger partial charge in [0.15, 0.2) is 11.5 Å². The molecule has 0 bridgehead atoms. The number of rotatable bonds is 3. The topological polar surface area (TPSA) is 85.9 Å². The predicted molar refractivity (Wildman–Crippen MR) is 81.3 cm³/mol. The maximum atomic E-state index is 12.3. The first-order valence-corrected chi connectivity index (χ1v) is 7.43. The highest BCUT2D eigenvalue weighted by Gasteiger charge is 2.34. The van der Waals surface area contributed by atoms with E-state index in [2.05, 4.69) is 10.6 Å². The van der Waals surface area contributed by atoms with Crippen LogP contribution < -0.4 is 20.1 Å². The average Bonchev–Trinajstić information content (AvgIpc) is 2.92. The SMILES string of the molecule is CCOC(=O)C1=C(C)NC(=O)NC1c1cc2c(cc1Cl)OCO2. The number of hydrogen-bond acceptors (Lipinski definition) is 5. The van der Waals surface area contributed by atoms with Gasteiger partial charge in [0, 0.05) is 17.3 Å². The molecule has 1 aromatic carbocycles. The minimum Gasteiger partial charge on any atom is -0.463 e. The number of nitrogens with one attached hydrogen (secondary N) is 2. The Kier molecular flexibility index (Phi) is 4.04. The molecule has 1 aromatic rings. The maximum absolute atomic E-state index is 12.3. The lowest BCUT2D eigenvalue weighted by Gasteiger charge is -2.28. The molecule has 7 nitrogen and oxygen atoms in total. The highest BCUT2D eigenvalue weighted by atomic mass is 35.5. The van der Waals surface area contributed by atoms with Gasteiger partial charge in [0.2, 0.25) is 6.79 Å². The van der Waals surface area contributed by atoms with Crippen molar-refractivity contribution in [3.8, 4) is 11.5 Å². The second-order valence-electron chi connectivity index (χ2n) is 5.02. The number of fused-ring (bicyclic) bond motifs is 1. The van der Waals surface area contributed by atoms with E-state index in [1.807, 2.05) is 0 Å². The van der Waals surface area contributed by atoms with Gasteiger partial charge in [-0.3, -0.25) is 0 Å². The average molecular weight is 339 g/mol. The minimum absolute atomic E-state index is 0.104. The van der Waals surface area contributed by atoms with Crippen LogP contribution in [0.5, 0.6) is 11.5 Å². The molecule has 0 fully saturated rings. The van der Waals surface area contributed by atoms with Gasteiger partial charge in [0.05, 0.1) is 23.2 Å². The van der Waals surface area contributed by atoms with Crippen LogP contribution >= 0.6 is 11.6 Å². The summed E-state index contributed by atoms with van der Waals surface area (Å²) in [6.45, 7) is 3.68. The molecule has 8 heteroatoms. The fraction of sp³-hybridized carbons (Fsp3) is 0.333. The number of halogens is 1. The summed E-state index contributed by atoms with van der Waals surface area (Å²) in [4.78, 5) is 24.1. The fourth-order valence-corrected chi connectivity index (χ4v) is 2.82. The van der Waals surface area contributed by atoms with E-state index in [4.69, 9.17) is 25.8 Å². The third kappa shape index (κ3) is 2.79. The van der Waals surface area contributed by atoms with E-state index >= 15 is 0 Å². The van der Waals surface area contributed by atoms with E-state index in [-0.39, 0.29) is 13.4 Å². The van der Waals surface area contributed by atoms with Gasteiger partial charge >= 0.3 is 12.0 Å². The standard InChI is InChI=1S/C15H15ClN2O5/c1-3-21-14(19)12-7(2)17-15(20)18-13(12)8-4-10-11(5-9(8)16)23-6-22-10/h4-5,13H,3,6H2,1-2H3,(H2,17,18,20). The van der Waals surface area contributed by atoms with Crippen LogP contribution in [0.2, 0.25) is 5.02 Å². The molecule has 0 radical (unpaired) electrons. The molecule has 1 unspecified atom stereocenters.